The molecule has 3 rings (SSSR count). The monoisotopic (exact) mass is 294 g/mol. The Morgan fingerprint density at radius 2 is 2.14 bits per heavy atom. The van der Waals surface area contributed by atoms with Crippen LogP contribution in [0.5, 0.6) is 5.75 Å². The average molecular weight is 294 g/mol. The van der Waals surface area contributed by atoms with Crippen LogP contribution in [0, 0.1) is 5.82 Å². The van der Waals surface area contributed by atoms with Crippen LogP contribution in [-0.4, -0.2) is 23.4 Å². The molecule has 2 fully saturated rings. The first kappa shape index (κ1) is 14.8. The fourth-order valence-corrected chi connectivity index (χ4v) is 3.58. The van der Waals surface area contributed by atoms with Gasteiger partial charge in [0.05, 0.1) is 18.3 Å². The van der Waals surface area contributed by atoms with Crippen molar-refractivity contribution in [3.05, 3.63) is 29.6 Å². The van der Waals surface area contributed by atoms with Gasteiger partial charge in [0.2, 0.25) is 0 Å². The molecule has 1 aromatic carbocycles. The molecule has 1 heterocycles. The van der Waals surface area contributed by atoms with Crippen molar-refractivity contribution >= 4 is 0 Å². The molecule has 21 heavy (non-hydrogen) atoms. The summed E-state index contributed by atoms with van der Waals surface area (Å²) in [5, 5.41) is 9.79. The van der Waals surface area contributed by atoms with Crippen molar-refractivity contribution in [3.63, 3.8) is 0 Å². The molecule has 116 valence electrons. The maximum Gasteiger partial charge on any atom is 0.125 e. The summed E-state index contributed by atoms with van der Waals surface area (Å²) in [6.07, 6.45) is 5.75. The average Bonchev–Trinajstić information content (AvgIpc) is 2.88. The summed E-state index contributed by atoms with van der Waals surface area (Å²) in [7, 11) is 0. The van der Waals surface area contributed by atoms with E-state index < -0.39 is 6.10 Å². The molecule has 1 unspecified atom stereocenters. The number of ether oxygens (including phenoxy) is 2. The van der Waals surface area contributed by atoms with Crippen molar-refractivity contribution in [2.75, 3.05) is 6.61 Å². The van der Waals surface area contributed by atoms with E-state index in [1.54, 1.807) is 13.0 Å². The zero-order chi connectivity index (χ0) is 14.9. The maximum absolute atomic E-state index is 13.3. The minimum atomic E-state index is -0.740. The van der Waals surface area contributed by atoms with E-state index in [4.69, 9.17) is 9.47 Å². The van der Waals surface area contributed by atoms with Gasteiger partial charge in [0.15, 0.2) is 0 Å². The lowest BCUT2D eigenvalue weighted by atomic mass is 9.90. The largest absolute Gasteiger partial charge is 0.490 e. The first-order valence-corrected chi connectivity index (χ1v) is 7.86. The topological polar surface area (TPSA) is 38.7 Å². The maximum atomic E-state index is 13.3. The Morgan fingerprint density at radius 1 is 1.38 bits per heavy atom. The molecule has 0 bridgehead atoms. The highest BCUT2D eigenvalue weighted by atomic mass is 19.1. The second-order valence-electron chi connectivity index (χ2n) is 6.33. The molecule has 1 saturated heterocycles. The number of aliphatic hydroxyl groups excluding tert-OH is 1. The van der Waals surface area contributed by atoms with Gasteiger partial charge in [-0.05, 0) is 38.0 Å². The van der Waals surface area contributed by atoms with Gasteiger partial charge in [0.1, 0.15) is 17.7 Å². The molecule has 2 atom stereocenters. The number of hydrogen-bond donors (Lipinski definition) is 1. The van der Waals surface area contributed by atoms with Crippen LogP contribution in [0.25, 0.3) is 0 Å². The van der Waals surface area contributed by atoms with Gasteiger partial charge in [0.25, 0.3) is 0 Å². The highest BCUT2D eigenvalue weighted by molar-refractivity contribution is 5.35. The number of aliphatic hydroxyl groups is 1. The van der Waals surface area contributed by atoms with E-state index in [1.807, 2.05) is 0 Å². The number of hydrogen-bond acceptors (Lipinski definition) is 3. The Labute approximate surface area is 125 Å². The standard InChI is InChI=1S/C17H23FO3/c1-12(19)15-10-13(18)4-5-16(15)21-14-6-9-20-17(11-14)7-2-3-8-17/h4-5,10,12,14,19H,2-3,6-9,11H2,1H3/t12-,14?/m1/s1. The third kappa shape index (κ3) is 3.22. The molecule has 1 spiro atoms. The van der Waals surface area contributed by atoms with Gasteiger partial charge in [-0.15, -0.1) is 0 Å². The molecule has 0 amide bonds. The quantitative estimate of drug-likeness (QED) is 0.922. The summed E-state index contributed by atoms with van der Waals surface area (Å²) in [6.45, 7) is 2.35. The molecular weight excluding hydrogens is 271 g/mol. The van der Waals surface area contributed by atoms with Crippen LogP contribution in [-0.2, 0) is 4.74 Å². The third-order valence-electron chi connectivity index (χ3n) is 4.68. The van der Waals surface area contributed by atoms with Crippen molar-refractivity contribution < 1.29 is 19.0 Å². The van der Waals surface area contributed by atoms with Crippen molar-refractivity contribution in [2.24, 2.45) is 0 Å². The Morgan fingerprint density at radius 3 is 2.86 bits per heavy atom. The van der Waals surface area contributed by atoms with E-state index in [2.05, 4.69) is 0 Å². The summed E-state index contributed by atoms with van der Waals surface area (Å²) >= 11 is 0. The Hall–Kier alpha value is -1.13. The molecule has 1 N–H and O–H groups in total. The Kier molecular flexibility index (Phi) is 4.18. The lowest BCUT2D eigenvalue weighted by Gasteiger charge is -2.38. The molecule has 3 nitrogen and oxygen atoms in total. The second-order valence-corrected chi connectivity index (χ2v) is 6.33. The van der Waals surface area contributed by atoms with Crippen LogP contribution in [0.3, 0.4) is 0 Å². The van der Waals surface area contributed by atoms with Crippen molar-refractivity contribution in [1.82, 2.24) is 0 Å². The lowest BCUT2D eigenvalue weighted by molar-refractivity contribution is -0.108. The molecule has 0 aromatic heterocycles. The molecule has 4 heteroatoms. The molecule has 0 radical (unpaired) electrons. The van der Waals surface area contributed by atoms with Gasteiger partial charge < -0.3 is 14.6 Å². The number of benzene rings is 1. The van der Waals surface area contributed by atoms with Gasteiger partial charge in [-0.2, -0.15) is 0 Å². The summed E-state index contributed by atoms with van der Waals surface area (Å²) in [6, 6.07) is 4.35. The molecule has 1 saturated carbocycles. The summed E-state index contributed by atoms with van der Waals surface area (Å²) < 4.78 is 25.4. The van der Waals surface area contributed by atoms with E-state index >= 15 is 0 Å². The number of halogens is 1. The molecule has 2 aliphatic rings. The highest BCUT2D eigenvalue weighted by Gasteiger charge is 2.40. The predicted molar refractivity (Wildman–Crippen MR) is 77.8 cm³/mol. The van der Waals surface area contributed by atoms with Gasteiger partial charge in [-0.25, -0.2) is 4.39 Å². The highest BCUT2D eigenvalue weighted by Crippen LogP contribution is 2.41. The van der Waals surface area contributed by atoms with Gasteiger partial charge in [-0.3, -0.25) is 0 Å². The van der Waals surface area contributed by atoms with E-state index in [9.17, 15) is 9.50 Å². The van der Waals surface area contributed by atoms with Gasteiger partial charge in [0, 0.05) is 18.4 Å². The van der Waals surface area contributed by atoms with E-state index in [0.29, 0.717) is 11.3 Å². The van der Waals surface area contributed by atoms with E-state index in [1.165, 1.54) is 25.0 Å². The van der Waals surface area contributed by atoms with E-state index in [0.717, 1.165) is 32.3 Å². The molecular formula is C17H23FO3. The van der Waals surface area contributed by atoms with Crippen LogP contribution >= 0.6 is 0 Å². The fourth-order valence-electron chi connectivity index (χ4n) is 3.58. The smallest absolute Gasteiger partial charge is 0.125 e. The van der Waals surface area contributed by atoms with Gasteiger partial charge in [-0.1, -0.05) is 12.8 Å². The molecule has 1 aliphatic carbocycles. The zero-order valence-electron chi connectivity index (χ0n) is 12.5. The zero-order valence-corrected chi connectivity index (χ0v) is 12.5. The fraction of sp³-hybridized carbons (Fsp3) is 0.647. The minimum Gasteiger partial charge on any atom is -0.490 e. The second kappa shape index (κ2) is 5.93. The Balaban J connectivity index is 1.74. The van der Waals surface area contributed by atoms with Crippen LogP contribution in [0.4, 0.5) is 4.39 Å². The van der Waals surface area contributed by atoms with Crippen LogP contribution in [0.1, 0.15) is 57.1 Å². The Bertz CT molecular complexity index is 495. The van der Waals surface area contributed by atoms with E-state index in [-0.39, 0.29) is 17.5 Å². The minimum absolute atomic E-state index is 0.00601. The SMILES string of the molecule is C[C@@H](O)c1cc(F)ccc1OC1CCOC2(CCCC2)C1. The van der Waals surface area contributed by atoms with Crippen LogP contribution < -0.4 is 4.74 Å². The van der Waals surface area contributed by atoms with Crippen molar-refractivity contribution in [3.8, 4) is 5.75 Å². The predicted octanol–water partition coefficient (Wildman–Crippen LogP) is 3.75. The number of rotatable bonds is 3. The lowest BCUT2D eigenvalue weighted by Crippen LogP contribution is -2.41. The van der Waals surface area contributed by atoms with Crippen LogP contribution in [0.15, 0.2) is 18.2 Å². The normalized spacial score (nSPS) is 26.0. The summed E-state index contributed by atoms with van der Waals surface area (Å²) in [4.78, 5) is 0. The molecule has 1 aromatic rings. The summed E-state index contributed by atoms with van der Waals surface area (Å²) in [5.41, 5.74) is 0.510. The van der Waals surface area contributed by atoms with Crippen molar-refractivity contribution in [2.45, 2.75) is 63.3 Å². The molecule has 1 aliphatic heterocycles. The summed E-state index contributed by atoms with van der Waals surface area (Å²) in [5.74, 6) is 0.240. The first-order chi connectivity index (χ1) is 10.1. The van der Waals surface area contributed by atoms with Crippen molar-refractivity contribution in [1.29, 1.82) is 0 Å². The third-order valence-corrected chi connectivity index (χ3v) is 4.68. The van der Waals surface area contributed by atoms with Crippen LogP contribution in [0.2, 0.25) is 0 Å². The first-order valence-electron chi connectivity index (χ1n) is 7.86. The van der Waals surface area contributed by atoms with Gasteiger partial charge >= 0.3 is 0 Å².